The van der Waals surface area contributed by atoms with Gasteiger partial charge in [0.15, 0.2) is 0 Å². The third-order valence-corrected chi connectivity index (χ3v) is 9.42. The molecule has 45 heavy (non-hydrogen) atoms. The van der Waals surface area contributed by atoms with Gasteiger partial charge in [-0.15, -0.1) is 0 Å². The lowest BCUT2D eigenvalue weighted by molar-refractivity contribution is -0.140. The van der Waals surface area contributed by atoms with Crippen LogP contribution >= 0.6 is 0 Å². The van der Waals surface area contributed by atoms with Crippen LogP contribution in [0.4, 0.5) is 24.8 Å². The molecule has 2 unspecified atom stereocenters. The van der Waals surface area contributed by atoms with E-state index in [1.807, 2.05) is 7.05 Å². The van der Waals surface area contributed by atoms with Crippen LogP contribution in [0.3, 0.4) is 0 Å². The van der Waals surface area contributed by atoms with Crippen molar-refractivity contribution in [2.45, 2.75) is 43.6 Å². The molecule has 2 N–H and O–H groups in total. The number of piperidine rings is 1. The highest BCUT2D eigenvalue weighted by Gasteiger charge is 2.43. The number of ether oxygens (including phenoxy) is 2. The van der Waals surface area contributed by atoms with Gasteiger partial charge in [0.25, 0.3) is 5.91 Å². The molecule has 1 aliphatic heterocycles. The van der Waals surface area contributed by atoms with Gasteiger partial charge in [-0.25, -0.2) is 13.4 Å². The average Bonchev–Trinajstić information content (AvgIpc) is 3.34. The number of sulfonamides is 1. The van der Waals surface area contributed by atoms with Gasteiger partial charge in [0, 0.05) is 31.3 Å². The van der Waals surface area contributed by atoms with E-state index >= 15 is 0 Å². The van der Waals surface area contributed by atoms with Gasteiger partial charge in [-0.05, 0) is 62.3 Å². The van der Waals surface area contributed by atoms with Crippen LogP contribution in [0.5, 0.6) is 11.6 Å². The van der Waals surface area contributed by atoms with E-state index in [0.29, 0.717) is 23.0 Å². The minimum Gasteiger partial charge on any atom is -0.495 e. The lowest BCUT2D eigenvalue weighted by Crippen LogP contribution is -2.43. The zero-order valence-corrected chi connectivity index (χ0v) is 26.1. The number of likely N-dealkylation sites (tertiary alicyclic amines) is 1. The van der Waals surface area contributed by atoms with Gasteiger partial charge < -0.3 is 25.0 Å². The molecule has 2 aliphatic rings. The van der Waals surface area contributed by atoms with E-state index in [0.717, 1.165) is 42.1 Å². The number of rotatable bonds is 9. The van der Waals surface area contributed by atoms with Crippen LogP contribution < -0.4 is 20.1 Å². The van der Waals surface area contributed by atoms with Crippen molar-refractivity contribution in [1.29, 1.82) is 0 Å². The predicted molar refractivity (Wildman–Crippen MR) is 161 cm³/mol. The van der Waals surface area contributed by atoms with Crippen LogP contribution in [0.1, 0.15) is 45.9 Å². The SMILES string of the molecule is COc1cc(C(=O)NC2CCN(C)CC2)ccc1Nc1ncc(C(F)(F)F)c(OC2Cc3ccccc3C2N(C)S(C)(=O)=O)n1. The molecule has 0 bridgehead atoms. The summed E-state index contributed by atoms with van der Waals surface area (Å²) in [5.41, 5.74) is 0.852. The van der Waals surface area contributed by atoms with Gasteiger partial charge in [-0.2, -0.15) is 22.5 Å². The number of fused-ring (bicyclic) bond motifs is 1. The monoisotopic (exact) mass is 648 g/mol. The quantitative estimate of drug-likeness (QED) is 0.354. The van der Waals surface area contributed by atoms with E-state index in [1.54, 1.807) is 36.4 Å². The Morgan fingerprint density at radius 2 is 1.84 bits per heavy atom. The molecule has 3 aromatic rings. The summed E-state index contributed by atoms with van der Waals surface area (Å²) in [6, 6.07) is 10.8. The molecule has 2 heterocycles. The minimum atomic E-state index is -4.85. The Hall–Kier alpha value is -3.95. The van der Waals surface area contributed by atoms with Crippen molar-refractivity contribution >= 4 is 27.6 Å². The molecule has 11 nitrogen and oxygen atoms in total. The van der Waals surface area contributed by atoms with Crippen LogP contribution in [0.25, 0.3) is 0 Å². The van der Waals surface area contributed by atoms with Crippen molar-refractivity contribution in [1.82, 2.24) is 24.5 Å². The summed E-state index contributed by atoms with van der Waals surface area (Å²) in [5.74, 6) is -0.985. The number of carbonyl (C=O) groups excluding carboxylic acids is 1. The number of halogens is 3. The largest absolute Gasteiger partial charge is 0.495 e. The summed E-state index contributed by atoms with van der Waals surface area (Å²) in [6.07, 6.45) is -2.37. The normalized spacial score (nSPS) is 19.3. The Balaban J connectivity index is 1.40. The van der Waals surface area contributed by atoms with E-state index in [9.17, 15) is 26.4 Å². The Morgan fingerprint density at radius 3 is 2.51 bits per heavy atom. The molecule has 2 atom stereocenters. The number of aromatic nitrogens is 2. The standard InChI is InChI=1S/C30H35F3N6O5S/c1-38-13-11-20(12-14-38)35-27(40)19-9-10-23(24(16-19)43-3)36-29-34-17-22(30(31,32)33)28(37-29)44-25-15-18-7-5-6-8-21(18)26(25)39(2)45(4,41)42/h5-10,16-17,20,25-26H,11-15H2,1-4H3,(H,35,40)(H,34,36,37). The molecule has 1 amide bonds. The van der Waals surface area contributed by atoms with Gasteiger partial charge in [0.1, 0.15) is 17.4 Å². The van der Waals surface area contributed by atoms with Gasteiger partial charge in [0.05, 0.1) is 25.1 Å². The number of likely N-dealkylation sites (N-methyl/N-ethyl adjacent to an activating group) is 1. The highest BCUT2D eigenvalue weighted by atomic mass is 32.2. The number of anilines is 2. The van der Waals surface area contributed by atoms with E-state index in [-0.39, 0.29) is 30.1 Å². The van der Waals surface area contributed by atoms with Gasteiger partial charge in [-0.1, -0.05) is 24.3 Å². The predicted octanol–water partition coefficient (Wildman–Crippen LogP) is 4.01. The molecule has 5 rings (SSSR count). The van der Waals surface area contributed by atoms with Gasteiger partial charge in [-0.3, -0.25) is 4.79 Å². The molecule has 242 valence electrons. The number of methoxy groups -OCH3 is 1. The van der Waals surface area contributed by atoms with Crippen molar-refractivity contribution in [3.63, 3.8) is 0 Å². The number of hydrogen-bond acceptors (Lipinski definition) is 9. The Morgan fingerprint density at radius 1 is 1.13 bits per heavy atom. The summed E-state index contributed by atoms with van der Waals surface area (Å²) >= 11 is 0. The highest BCUT2D eigenvalue weighted by molar-refractivity contribution is 7.88. The number of nitrogens with one attached hydrogen (secondary N) is 2. The van der Waals surface area contributed by atoms with Crippen LogP contribution in [0.15, 0.2) is 48.7 Å². The first-order valence-corrected chi connectivity index (χ1v) is 16.2. The Bertz CT molecular complexity index is 1660. The van der Waals surface area contributed by atoms with E-state index in [1.165, 1.54) is 20.2 Å². The molecule has 15 heteroatoms. The van der Waals surface area contributed by atoms with Crippen molar-refractivity contribution in [3.8, 4) is 11.6 Å². The van der Waals surface area contributed by atoms with E-state index < -0.39 is 39.8 Å². The van der Waals surface area contributed by atoms with E-state index in [2.05, 4.69) is 25.5 Å². The fraction of sp³-hybridized carbons (Fsp3) is 0.433. The molecule has 0 saturated carbocycles. The molecular weight excluding hydrogens is 613 g/mol. The third-order valence-electron chi connectivity index (χ3n) is 8.15. The van der Waals surface area contributed by atoms with Crippen molar-refractivity contribution in [2.24, 2.45) is 0 Å². The molecule has 1 aromatic heterocycles. The average molecular weight is 649 g/mol. The number of alkyl halides is 3. The van der Waals surface area contributed by atoms with Crippen molar-refractivity contribution < 1.29 is 35.9 Å². The minimum absolute atomic E-state index is 0.0564. The maximum Gasteiger partial charge on any atom is 0.423 e. The second-order valence-corrected chi connectivity index (χ2v) is 13.3. The van der Waals surface area contributed by atoms with Crippen LogP contribution in [0.2, 0.25) is 0 Å². The smallest absolute Gasteiger partial charge is 0.423 e. The Labute approximate surface area is 259 Å². The molecule has 2 aromatic carbocycles. The first-order valence-electron chi connectivity index (χ1n) is 14.3. The lowest BCUT2D eigenvalue weighted by Gasteiger charge is -2.29. The maximum atomic E-state index is 14.1. The fourth-order valence-corrected chi connectivity index (χ4v) is 6.27. The fourth-order valence-electron chi connectivity index (χ4n) is 5.61. The van der Waals surface area contributed by atoms with Crippen LogP contribution in [0, 0.1) is 0 Å². The first kappa shape index (κ1) is 32.4. The molecule has 1 aliphatic carbocycles. The third kappa shape index (κ3) is 7.31. The summed E-state index contributed by atoms with van der Waals surface area (Å²) < 4.78 is 79.6. The molecule has 0 radical (unpaired) electrons. The molecule has 0 spiro atoms. The first-order chi connectivity index (χ1) is 21.2. The number of hydrogen-bond donors (Lipinski definition) is 2. The number of amides is 1. The number of carbonyl (C=O) groups is 1. The van der Waals surface area contributed by atoms with E-state index in [4.69, 9.17) is 9.47 Å². The number of nitrogens with zero attached hydrogens (tertiary/aromatic N) is 4. The second kappa shape index (κ2) is 12.8. The van der Waals surface area contributed by atoms with Crippen molar-refractivity contribution in [2.75, 3.05) is 45.9 Å². The summed E-state index contributed by atoms with van der Waals surface area (Å²) in [7, 11) is 1.07. The summed E-state index contributed by atoms with van der Waals surface area (Å²) in [5, 5.41) is 5.89. The summed E-state index contributed by atoms with van der Waals surface area (Å²) in [6.45, 7) is 1.78. The molecule has 1 fully saturated rings. The molecular formula is C30H35F3N6O5S. The lowest BCUT2D eigenvalue weighted by atomic mass is 10.0. The summed E-state index contributed by atoms with van der Waals surface area (Å²) in [4.78, 5) is 23.0. The highest BCUT2D eigenvalue weighted by Crippen LogP contribution is 2.42. The zero-order valence-electron chi connectivity index (χ0n) is 25.3. The van der Waals surface area contributed by atoms with Crippen molar-refractivity contribution in [3.05, 3.63) is 70.9 Å². The van der Waals surface area contributed by atoms with Gasteiger partial charge in [0.2, 0.25) is 21.9 Å². The van der Waals surface area contributed by atoms with Crippen LogP contribution in [-0.4, -0.2) is 86.2 Å². The van der Waals surface area contributed by atoms with Gasteiger partial charge >= 0.3 is 6.18 Å². The number of benzene rings is 2. The second-order valence-electron chi connectivity index (χ2n) is 11.3. The topological polar surface area (TPSA) is 126 Å². The zero-order chi connectivity index (χ0) is 32.5. The maximum absolute atomic E-state index is 14.1. The molecule has 1 saturated heterocycles. The Kier molecular flexibility index (Phi) is 9.23. The van der Waals surface area contributed by atoms with Crippen LogP contribution in [-0.2, 0) is 22.6 Å².